The van der Waals surface area contributed by atoms with Gasteiger partial charge in [0, 0.05) is 24.8 Å². The van der Waals surface area contributed by atoms with Gasteiger partial charge >= 0.3 is 5.97 Å². The molecule has 0 atom stereocenters. The van der Waals surface area contributed by atoms with Crippen molar-refractivity contribution in [1.82, 2.24) is 0 Å². The zero-order valence-corrected chi connectivity index (χ0v) is 18.4. The van der Waals surface area contributed by atoms with Crippen molar-refractivity contribution in [3.63, 3.8) is 0 Å². The number of rotatable bonds is 9. The molecule has 1 aliphatic rings. The van der Waals surface area contributed by atoms with Gasteiger partial charge in [0.05, 0.1) is 18.3 Å². The van der Waals surface area contributed by atoms with Gasteiger partial charge in [-0.25, -0.2) is 18.0 Å². The third-order valence-corrected chi connectivity index (χ3v) is 5.63. The highest BCUT2D eigenvalue weighted by Gasteiger charge is 2.23. The molecule has 0 radical (unpaired) electrons. The molecule has 1 fully saturated rings. The minimum absolute atomic E-state index is 0.279. The molecule has 33 heavy (non-hydrogen) atoms. The Hall–Kier alpha value is -3.05. The first-order valence-corrected chi connectivity index (χ1v) is 11.1. The Balaban J connectivity index is 1.52. The van der Waals surface area contributed by atoms with E-state index in [2.05, 4.69) is 6.92 Å². The van der Waals surface area contributed by atoms with Crippen LogP contribution in [-0.2, 0) is 4.74 Å². The Bertz CT molecular complexity index is 990. The molecule has 0 amide bonds. The maximum atomic E-state index is 14.5. The van der Waals surface area contributed by atoms with E-state index < -0.39 is 40.3 Å². The summed E-state index contributed by atoms with van der Waals surface area (Å²) in [4.78, 5) is 12.2. The predicted octanol–water partition coefficient (Wildman–Crippen LogP) is 5.95. The normalized spacial score (nSPS) is 17.9. The maximum absolute atomic E-state index is 14.5. The van der Waals surface area contributed by atoms with Gasteiger partial charge in [-0.3, -0.25) is 0 Å². The molecule has 0 N–H and O–H groups in total. The quantitative estimate of drug-likeness (QED) is 0.262. The summed E-state index contributed by atoms with van der Waals surface area (Å²) < 4.78 is 58.2. The maximum Gasteiger partial charge on any atom is 0.346 e. The van der Waals surface area contributed by atoms with Crippen LogP contribution in [0, 0.1) is 34.7 Å². The van der Waals surface area contributed by atoms with Gasteiger partial charge in [0.1, 0.15) is 40.6 Å². The second kappa shape index (κ2) is 11.7. The Kier molecular flexibility index (Phi) is 8.72. The summed E-state index contributed by atoms with van der Waals surface area (Å²) in [6.07, 6.45) is 6.39. The Morgan fingerprint density at radius 2 is 1.70 bits per heavy atom. The fourth-order valence-corrected chi connectivity index (χ4v) is 3.70. The summed E-state index contributed by atoms with van der Waals surface area (Å²) in [5, 5.41) is 8.69. The van der Waals surface area contributed by atoms with E-state index in [4.69, 9.17) is 19.5 Å². The molecule has 0 unspecified atom stereocenters. The van der Waals surface area contributed by atoms with Gasteiger partial charge in [-0.05, 0) is 50.2 Å². The van der Waals surface area contributed by atoms with Gasteiger partial charge in [-0.15, -0.1) is 0 Å². The highest BCUT2D eigenvalue weighted by molar-refractivity contribution is 5.91. The number of nitriles is 1. The van der Waals surface area contributed by atoms with Crippen LogP contribution in [0.15, 0.2) is 30.3 Å². The lowest BCUT2D eigenvalue weighted by molar-refractivity contribution is 0.0116. The third kappa shape index (κ3) is 6.72. The van der Waals surface area contributed by atoms with E-state index in [1.165, 1.54) is 18.2 Å². The zero-order chi connectivity index (χ0) is 23.8. The van der Waals surface area contributed by atoms with E-state index >= 15 is 0 Å². The molecule has 0 spiro atoms. The van der Waals surface area contributed by atoms with E-state index in [1.807, 2.05) is 0 Å². The summed E-state index contributed by atoms with van der Waals surface area (Å²) in [6, 6.07) is 6.47. The van der Waals surface area contributed by atoms with E-state index in [0.29, 0.717) is 30.8 Å². The third-order valence-electron chi connectivity index (χ3n) is 5.63. The van der Waals surface area contributed by atoms with E-state index in [9.17, 15) is 18.0 Å². The van der Waals surface area contributed by atoms with Crippen molar-refractivity contribution in [3.8, 4) is 17.6 Å². The molecule has 1 aliphatic carbocycles. The van der Waals surface area contributed by atoms with Gasteiger partial charge in [-0.2, -0.15) is 5.26 Å². The van der Waals surface area contributed by atoms with Crippen LogP contribution in [0.4, 0.5) is 13.2 Å². The number of ether oxygens (including phenoxy) is 3. The monoisotopic (exact) mass is 461 g/mol. The van der Waals surface area contributed by atoms with Crippen molar-refractivity contribution in [1.29, 1.82) is 5.26 Å². The van der Waals surface area contributed by atoms with Crippen molar-refractivity contribution in [2.75, 3.05) is 13.2 Å². The smallest absolute Gasteiger partial charge is 0.346 e. The highest BCUT2D eigenvalue weighted by atomic mass is 19.1. The van der Waals surface area contributed by atoms with Gasteiger partial charge in [0.25, 0.3) is 0 Å². The van der Waals surface area contributed by atoms with Gasteiger partial charge in [-0.1, -0.05) is 13.3 Å². The molecular formula is C25H26F3NO4. The van der Waals surface area contributed by atoms with E-state index in [-0.39, 0.29) is 5.75 Å². The van der Waals surface area contributed by atoms with Crippen molar-refractivity contribution in [3.05, 3.63) is 58.9 Å². The number of halogens is 3. The Labute approximate surface area is 191 Å². The first-order chi connectivity index (χ1) is 15.9. The Morgan fingerprint density at radius 1 is 1.03 bits per heavy atom. The fraction of sp³-hybridized carbons (Fsp3) is 0.440. The largest absolute Gasteiger partial charge is 0.493 e. The molecule has 0 aromatic heterocycles. The van der Waals surface area contributed by atoms with Crippen LogP contribution in [0.1, 0.15) is 61.4 Å². The number of nitrogens with zero attached hydrogens (tertiary/aromatic N) is 1. The summed E-state index contributed by atoms with van der Waals surface area (Å²) >= 11 is 0. The SMILES string of the molecule is CCCCOC1CCC(COc2ccc(C(=O)Oc3cc(F)c(C#N)c(F)c3)c(F)c2)CC1. The lowest BCUT2D eigenvalue weighted by Gasteiger charge is -2.28. The number of carbonyl (C=O) groups excluding carboxylic acids is 1. The molecule has 8 heteroatoms. The van der Waals surface area contributed by atoms with Crippen molar-refractivity contribution in [2.24, 2.45) is 5.92 Å². The molecule has 0 saturated heterocycles. The van der Waals surface area contributed by atoms with Crippen molar-refractivity contribution >= 4 is 5.97 Å². The molecule has 5 nitrogen and oxygen atoms in total. The lowest BCUT2D eigenvalue weighted by Crippen LogP contribution is -2.25. The van der Waals surface area contributed by atoms with Crippen LogP contribution >= 0.6 is 0 Å². The van der Waals surface area contributed by atoms with Crippen LogP contribution in [0.25, 0.3) is 0 Å². The molecule has 0 bridgehead atoms. The average Bonchev–Trinajstić information content (AvgIpc) is 2.78. The molecule has 0 aliphatic heterocycles. The molecule has 1 saturated carbocycles. The number of benzene rings is 2. The van der Waals surface area contributed by atoms with Gasteiger partial charge < -0.3 is 14.2 Å². The minimum atomic E-state index is -1.17. The minimum Gasteiger partial charge on any atom is -0.493 e. The Morgan fingerprint density at radius 3 is 2.30 bits per heavy atom. The molecule has 2 aromatic rings. The van der Waals surface area contributed by atoms with Crippen LogP contribution in [0.5, 0.6) is 11.5 Å². The van der Waals surface area contributed by atoms with Crippen molar-refractivity contribution in [2.45, 2.75) is 51.6 Å². The molecule has 176 valence electrons. The van der Waals surface area contributed by atoms with Crippen LogP contribution in [-0.4, -0.2) is 25.3 Å². The lowest BCUT2D eigenvalue weighted by atomic mass is 9.88. The fourth-order valence-electron chi connectivity index (χ4n) is 3.70. The van der Waals surface area contributed by atoms with E-state index in [1.54, 1.807) is 0 Å². The predicted molar refractivity (Wildman–Crippen MR) is 115 cm³/mol. The first-order valence-electron chi connectivity index (χ1n) is 11.1. The van der Waals surface area contributed by atoms with Gasteiger partial charge in [0.2, 0.25) is 0 Å². The number of hydrogen-bond donors (Lipinski definition) is 0. The number of hydrogen-bond acceptors (Lipinski definition) is 5. The summed E-state index contributed by atoms with van der Waals surface area (Å²) in [6.45, 7) is 3.37. The number of carbonyl (C=O) groups is 1. The number of unbranched alkanes of at least 4 members (excludes halogenated alkanes) is 1. The molecule has 2 aromatic carbocycles. The average molecular weight is 461 g/mol. The highest BCUT2D eigenvalue weighted by Crippen LogP contribution is 2.28. The van der Waals surface area contributed by atoms with Gasteiger partial charge in [0.15, 0.2) is 0 Å². The first kappa shape index (κ1) is 24.6. The second-order valence-corrected chi connectivity index (χ2v) is 8.08. The molecule has 3 rings (SSSR count). The molecular weight excluding hydrogens is 435 g/mol. The van der Waals surface area contributed by atoms with Crippen LogP contribution in [0.2, 0.25) is 0 Å². The molecule has 0 heterocycles. The van der Waals surface area contributed by atoms with Crippen molar-refractivity contribution < 1.29 is 32.2 Å². The zero-order valence-electron chi connectivity index (χ0n) is 18.4. The second-order valence-electron chi connectivity index (χ2n) is 8.08. The number of esters is 1. The summed E-state index contributed by atoms with van der Waals surface area (Å²) in [7, 11) is 0. The van der Waals surface area contributed by atoms with Crippen LogP contribution in [0.3, 0.4) is 0 Å². The summed E-state index contributed by atoms with van der Waals surface area (Å²) in [5.74, 6) is -4.19. The topological polar surface area (TPSA) is 68.6 Å². The van der Waals surface area contributed by atoms with E-state index in [0.717, 1.165) is 51.2 Å². The standard InChI is InChI=1S/C25H26F3NO4/c1-2-3-10-31-17-6-4-16(5-7-17)15-32-18-8-9-20(22(26)11-18)25(30)33-19-12-23(27)21(14-29)24(28)13-19/h8-9,11-13,16-17H,2-7,10,15H2,1H3. The summed E-state index contributed by atoms with van der Waals surface area (Å²) in [5.41, 5.74) is -1.20. The van der Waals surface area contributed by atoms with Crippen LogP contribution < -0.4 is 9.47 Å².